The smallest absolute Gasteiger partial charge is 0.341 e. The van der Waals surface area contributed by atoms with Crippen molar-refractivity contribution in [2.75, 3.05) is 6.61 Å². The summed E-state index contributed by atoms with van der Waals surface area (Å²) in [6.07, 6.45) is 0. The third-order valence-corrected chi connectivity index (χ3v) is 2.69. The van der Waals surface area contributed by atoms with Gasteiger partial charge in [0.05, 0.1) is 16.6 Å². The van der Waals surface area contributed by atoms with Crippen LogP contribution in [0.3, 0.4) is 0 Å². The third kappa shape index (κ3) is 2.66. The Kier molecular flexibility index (Phi) is 4.31. The van der Waals surface area contributed by atoms with Crippen molar-refractivity contribution in [1.82, 2.24) is 0 Å². The van der Waals surface area contributed by atoms with Gasteiger partial charge in [0.1, 0.15) is 0 Å². The number of ether oxygens (including phenoxy) is 1. The van der Waals surface area contributed by atoms with Crippen molar-refractivity contribution in [3.63, 3.8) is 0 Å². The van der Waals surface area contributed by atoms with Crippen LogP contribution >= 0.6 is 38.5 Å². The summed E-state index contributed by atoms with van der Waals surface area (Å²) in [5.41, 5.74) is -0.0365. The molecule has 0 unspecified atom stereocenters. The first-order valence-electron chi connectivity index (χ1n) is 3.88. The highest BCUT2D eigenvalue weighted by molar-refractivity contribution is 14.1. The fraction of sp³-hybridized carbons (Fsp3) is 0.222. The number of hydrogen-bond donors (Lipinski definition) is 0. The summed E-state index contributed by atoms with van der Waals surface area (Å²) in [6.45, 7) is 1.92. The van der Waals surface area contributed by atoms with Crippen LogP contribution in [0.25, 0.3) is 0 Å². The molecule has 76 valence electrons. The van der Waals surface area contributed by atoms with Crippen LogP contribution in [-0.2, 0) is 4.74 Å². The fourth-order valence-corrected chi connectivity index (χ4v) is 2.42. The van der Waals surface area contributed by atoms with Crippen LogP contribution in [0, 0.1) is 9.39 Å². The average molecular weight is 373 g/mol. The SMILES string of the molecule is CCOC(=O)c1cc(I)cc(Br)c1F. The van der Waals surface area contributed by atoms with Crippen molar-refractivity contribution in [3.8, 4) is 0 Å². The van der Waals surface area contributed by atoms with Gasteiger partial charge in [-0.05, 0) is 57.6 Å². The molecule has 14 heavy (non-hydrogen) atoms. The maximum atomic E-state index is 13.4. The molecule has 1 aromatic carbocycles. The van der Waals surface area contributed by atoms with Gasteiger partial charge in [0, 0.05) is 3.57 Å². The maximum Gasteiger partial charge on any atom is 0.341 e. The third-order valence-electron chi connectivity index (χ3n) is 1.49. The highest BCUT2D eigenvalue weighted by atomic mass is 127. The average Bonchev–Trinajstić information content (AvgIpc) is 2.11. The Labute approximate surface area is 103 Å². The van der Waals surface area contributed by atoms with Gasteiger partial charge in [-0.15, -0.1) is 0 Å². The molecule has 0 N–H and O–H groups in total. The quantitative estimate of drug-likeness (QED) is 0.452. The van der Waals surface area contributed by atoms with Gasteiger partial charge in [0.15, 0.2) is 5.82 Å². The predicted octanol–water partition coefficient (Wildman–Crippen LogP) is 3.37. The molecule has 0 aromatic heterocycles. The predicted molar refractivity (Wildman–Crippen MR) is 62.8 cm³/mol. The summed E-state index contributed by atoms with van der Waals surface area (Å²) in [5.74, 6) is -1.21. The number of carbonyl (C=O) groups is 1. The molecule has 0 spiro atoms. The van der Waals surface area contributed by atoms with E-state index >= 15 is 0 Å². The molecule has 5 heteroatoms. The van der Waals surface area contributed by atoms with Crippen molar-refractivity contribution in [1.29, 1.82) is 0 Å². The lowest BCUT2D eigenvalue weighted by atomic mass is 10.2. The molecule has 0 saturated carbocycles. The van der Waals surface area contributed by atoms with Crippen LogP contribution in [0.5, 0.6) is 0 Å². The minimum atomic E-state index is -0.635. The highest BCUT2D eigenvalue weighted by Crippen LogP contribution is 2.23. The topological polar surface area (TPSA) is 26.3 Å². The van der Waals surface area contributed by atoms with Gasteiger partial charge in [0.25, 0.3) is 0 Å². The van der Waals surface area contributed by atoms with E-state index in [0.29, 0.717) is 0 Å². The van der Waals surface area contributed by atoms with Crippen molar-refractivity contribution < 1.29 is 13.9 Å². The standard InChI is InChI=1S/C9H7BrFIO2/c1-2-14-9(13)6-3-5(12)4-7(10)8(6)11/h3-4H,2H2,1H3. The molecule has 0 heterocycles. The van der Waals surface area contributed by atoms with E-state index in [9.17, 15) is 9.18 Å². The number of hydrogen-bond acceptors (Lipinski definition) is 2. The lowest BCUT2D eigenvalue weighted by molar-refractivity contribution is 0.0521. The first-order chi connectivity index (χ1) is 6.56. The summed E-state index contributed by atoms with van der Waals surface area (Å²) >= 11 is 5.03. The Morgan fingerprint density at radius 3 is 2.86 bits per heavy atom. The first-order valence-corrected chi connectivity index (χ1v) is 5.75. The van der Waals surface area contributed by atoms with Gasteiger partial charge in [-0.1, -0.05) is 0 Å². The molecule has 0 atom stereocenters. The van der Waals surface area contributed by atoms with E-state index in [1.165, 1.54) is 6.07 Å². The van der Waals surface area contributed by atoms with Gasteiger partial charge in [0.2, 0.25) is 0 Å². The fourth-order valence-electron chi connectivity index (χ4n) is 0.913. The zero-order valence-electron chi connectivity index (χ0n) is 7.31. The van der Waals surface area contributed by atoms with E-state index in [1.807, 2.05) is 22.6 Å². The van der Waals surface area contributed by atoms with E-state index in [0.717, 1.165) is 3.57 Å². The zero-order chi connectivity index (χ0) is 10.7. The number of rotatable bonds is 2. The molecule has 0 bridgehead atoms. The maximum absolute atomic E-state index is 13.4. The molecule has 2 nitrogen and oxygen atoms in total. The van der Waals surface area contributed by atoms with Crippen LogP contribution in [0.4, 0.5) is 4.39 Å². The number of halogens is 3. The zero-order valence-corrected chi connectivity index (χ0v) is 11.1. The second kappa shape index (κ2) is 5.06. The molecule has 1 aromatic rings. The second-order valence-corrected chi connectivity index (χ2v) is 4.57. The molecule has 0 saturated heterocycles. The van der Waals surface area contributed by atoms with E-state index in [-0.39, 0.29) is 16.6 Å². The van der Waals surface area contributed by atoms with E-state index < -0.39 is 11.8 Å². The van der Waals surface area contributed by atoms with Gasteiger partial charge in [-0.2, -0.15) is 0 Å². The van der Waals surface area contributed by atoms with Crippen LogP contribution in [-0.4, -0.2) is 12.6 Å². The highest BCUT2D eigenvalue weighted by Gasteiger charge is 2.16. The first kappa shape index (κ1) is 11.9. The summed E-state index contributed by atoms with van der Waals surface area (Å²) in [6, 6.07) is 3.05. The Balaban J connectivity index is 3.13. The van der Waals surface area contributed by atoms with Gasteiger partial charge >= 0.3 is 5.97 Å². The largest absolute Gasteiger partial charge is 0.462 e. The molecule has 0 radical (unpaired) electrons. The number of carbonyl (C=O) groups excluding carboxylic acids is 1. The summed E-state index contributed by atoms with van der Waals surface area (Å²) in [7, 11) is 0. The minimum absolute atomic E-state index is 0.0365. The molecule has 0 amide bonds. The van der Waals surface area contributed by atoms with Crippen LogP contribution in [0.2, 0.25) is 0 Å². The lowest BCUT2D eigenvalue weighted by Crippen LogP contribution is -2.08. The van der Waals surface area contributed by atoms with Crippen molar-refractivity contribution in [2.24, 2.45) is 0 Å². The molecule has 0 aliphatic rings. The van der Waals surface area contributed by atoms with E-state index in [1.54, 1.807) is 13.0 Å². The Hall–Kier alpha value is -0.170. The molecule has 0 fully saturated rings. The van der Waals surface area contributed by atoms with Crippen molar-refractivity contribution in [3.05, 3.63) is 31.6 Å². The van der Waals surface area contributed by atoms with Crippen molar-refractivity contribution >= 4 is 44.5 Å². The van der Waals surface area contributed by atoms with E-state index in [4.69, 9.17) is 4.74 Å². The molecule has 0 aliphatic carbocycles. The Morgan fingerprint density at radius 1 is 1.64 bits per heavy atom. The number of benzene rings is 1. The van der Waals surface area contributed by atoms with Gasteiger partial charge < -0.3 is 4.74 Å². The van der Waals surface area contributed by atoms with Crippen LogP contribution < -0.4 is 0 Å². The van der Waals surface area contributed by atoms with Crippen LogP contribution in [0.1, 0.15) is 17.3 Å². The molecular formula is C9H7BrFIO2. The Morgan fingerprint density at radius 2 is 2.29 bits per heavy atom. The summed E-state index contributed by atoms with van der Waals surface area (Å²) < 4.78 is 19.2. The molecular weight excluding hydrogens is 366 g/mol. The van der Waals surface area contributed by atoms with Crippen molar-refractivity contribution in [2.45, 2.75) is 6.92 Å². The summed E-state index contributed by atoms with van der Waals surface area (Å²) in [5, 5.41) is 0. The molecule has 1 rings (SSSR count). The summed E-state index contributed by atoms with van der Waals surface area (Å²) in [4.78, 5) is 11.3. The van der Waals surface area contributed by atoms with Crippen LogP contribution in [0.15, 0.2) is 16.6 Å². The normalized spacial score (nSPS) is 10.0. The minimum Gasteiger partial charge on any atom is -0.462 e. The van der Waals surface area contributed by atoms with E-state index in [2.05, 4.69) is 15.9 Å². The Bertz CT molecular complexity index is 368. The second-order valence-electron chi connectivity index (χ2n) is 2.47. The van der Waals surface area contributed by atoms with Gasteiger partial charge in [-0.25, -0.2) is 9.18 Å². The monoisotopic (exact) mass is 372 g/mol. The van der Waals surface area contributed by atoms with Gasteiger partial charge in [-0.3, -0.25) is 0 Å². The lowest BCUT2D eigenvalue weighted by Gasteiger charge is -2.05. The molecule has 0 aliphatic heterocycles. The number of esters is 1.